The van der Waals surface area contributed by atoms with Gasteiger partial charge in [-0.3, -0.25) is 4.79 Å². The largest absolute Gasteiger partial charge is 0.484 e. The summed E-state index contributed by atoms with van der Waals surface area (Å²) in [6.45, 7) is 0.0831. The molecule has 0 aliphatic carbocycles. The highest BCUT2D eigenvalue weighted by Crippen LogP contribution is 2.21. The third-order valence-corrected chi connectivity index (χ3v) is 3.22. The van der Waals surface area contributed by atoms with Gasteiger partial charge in [0.25, 0.3) is 0 Å². The lowest BCUT2D eigenvalue weighted by Crippen LogP contribution is -2.30. The molecule has 140 valence electrons. The number of nitrogens with one attached hydrogen (secondary N) is 1. The third-order valence-electron chi connectivity index (χ3n) is 3.22. The van der Waals surface area contributed by atoms with Crippen LogP contribution >= 0.6 is 0 Å². The molecule has 2 rings (SSSR count). The molecule has 0 aliphatic heterocycles. The van der Waals surface area contributed by atoms with Gasteiger partial charge in [0.2, 0.25) is 5.91 Å². The van der Waals surface area contributed by atoms with E-state index in [2.05, 4.69) is 20.4 Å². The van der Waals surface area contributed by atoms with Gasteiger partial charge in [0, 0.05) is 0 Å². The summed E-state index contributed by atoms with van der Waals surface area (Å²) < 4.78 is 42.0. The van der Waals surface area contributed by atoms with Crippen molar-refractivity contribution in [3.05, 3.63) is 41.7 Å². The molecule has 2 N–H and O–H groups in total. The number of hydrogen-bond acceptors (Lipinski definition) is 5. The van der Waals surface area contributed by atoms with Crippen molar-refractivity contribution in [3.63, 3.8) is 0 Å². The van der Waals surface area contributed by atoms with E-state index in [0.717, 1.165) is 10.9 Å². The summed E-state index contributed by atoms with van der Waals surface area (Å²) in [5, 5.41) is 18.3. The van der Waals surface area contributed by atoms with E-state index in [1.807, 2.05) is 0 Å². The van der Waals surface area contributed by atoms with Gasteiger partial charge in [0.15, 0.2) is 12.3 Å². The van der Waals surface area contributed by atoms with Gasteiger partial charge in [0.1, 0.15) is 12.3 Å². The van der Waals surface area contributed by atoms with Gasteiger partial charge in [-0.2, -0.15) is 13.2 Å². The van der Waals surface area contributed by atoms with Crippen LogP contribution in [0.2, 0.25) is 0 Å². The number of halogens is 3. The first-order valence-electron chi connectivity index (χ1n) is 7.36. The lowest BCUT2D eigenvalue weighted by atomic mass is 10.1. The zero-order chi connectivity index (χ0) is 19.3. The highest BCUT2D eigenvalue weighted by atomic mass is 19.4. The molecule has 2 aromatic rings. The minimum absolute atomic E-state index is 0.0633. The summed E-state index contributed by atoms with van der Waals surface area (Å²) in [6, 6.07) is 5.39. The second kappa shape index (κ2) is 7.85. The predicted octanol–water partition coefficient (Wildman–Crippen LogP) is 1.79. The number of amides is 1. The molecule has 1 aromatic carbocycles. The molecule has 1 amide bonds. The molecule has 0 spiro atoms. The summed E-state index contributed by atoms with van der Waals surface area (Å²) in [5.74, 6) is -1.62. The number of hydrogen-bond donors (Lipinski definition) is 2. The van der Waals surface area contributed by atoms with Crippen molar-refractivity contribution in [2.75, 3.05) is 6.61 Å². The number of aromatic carboxylic acids is 1. The van der Waals surface area contributed by atoms with E-state index in [4.69, 9.17) is 5.11 Å². The van der Waals surface area contributed by atoms with E-state index >= 15 is 0 Å². The van der Waals surface area contributed by atoms with Gasteiger partial charge in [-0.25, -0.2) is 9.48 Å². The molecule has 1 aromatic heterocycles. The molecule has 0 saturated heterocycles. The van der Waals surface area contributed by atoms with E-state index in [1.54, 1.807) is 6.92 Å². The molecule has 0 radical (unpaired) electrons. The standard InChI is InChI=1S/C15H15F3N4O4/c1-9(10-2-4-11(5-3-10)26-8-15(16,17)18)19-13(23)7-22-6-12(14(24)25)20-21-22/h2-6,9H,7-8H2,1H3,(H,19,23)(H,24,25). The lowest BCUT2D eigenvalue weighted by molar-refractivity contribution is -0.153. The summed E-state index contributed by atoms with van der Waals surface area (Å²) >= 11 is 0. The van der Waals surface area contributed by atoms with Crippen LogP contribution in [0.4, 0.5) is 13.2 Å². The number of ether oxygens (including phenoxy) is 1. The Labute approximate surface area is 145 Å². The van der Waals surface area contributed by atoms with E-state index in [0.29, 0.717) is 5.56 Å². The Balaban J connectivity index is 1.88. The average Bonchev–Trinajstić information content (AvgIpc) is 3.01. The maximum atomic E-state index is 12.1. The second-order valence-corrected chi connectivity index (χ2v) is 5.37. The predicted molar refractivity (Wildman–Crippen MR) is 81.5 cm³/mol. The first-order valence-corrected chi connectivity index (χ1v) is 7.36. The summed E-state index contributed by atoms with van der Waals surface area (Å²) in [7, 11) is 0. The molecule has 0 fully saturated rings. The van der Waals surface area contributed by atoms with Crippen LogP contribution in [0.5, 0.6) is 5.75 Å². The Morgan fingerprint density at radius 1 is 1.31 bits per heavy atom. The van der Waals surface area contributed by atoms with Gasteiger partial charge in [-0.15, -0.1) is 5.10 Å². The summed E-state index contributed by atoms with van der Waals surface area (Å²) in [5.41, 5.74) is 0.378. The topological polar surface area (TPSA) is 106 Å². The Hall–Kier alpha value is -3.11. The molecule has 0 bridgehead atoms. The van der Waals surface area contributed by atoms with Gasteiger partial charge in [-0.05, 0) is 24.6 Å². The average molecular weight is 372 g/mol. The molecule has 1 heterocycles. The van der Waals surface area contributed by atoms with Crippen molar-refractivity contribution in [1.29, 1.82) is 0 Å². The fourth-order valence-corrected chi connectivity index (χ4v) is 2.01. The summed E-state index contributed by atoms with van der Waals surface area (Å²) in [4.78, 5) is 22.7. The minimum atomic E-state index is -4.41. The normalized spacial score (nSPS) is 12.5. The van der Waals surface area contributed by atoms with Crippen LogP contribution in [-0.4, -0.2) is 44.8 Å². The fourth-order valence-electron chi connectivity index (χ4n) is 2.01. The van der Waals surface area contributed by atoms with Crippen molar-refractivity contribution in [2.24, 2.45) is 0 Å². The molecule has 1 atom stereocenters. The minimum Gasteiger partial charge on any atom is -0.484 e. The third kappa shape index (κ3) is 5.76. The van der Waals surface area contributed by atoms with Crippen LogP contribution in [0.15, 0.2) is 30.5 Å². The maximum absolute atomic E-state index is 12.1. The van der Waals surface area contributed by atoms with Crippen molar-refractivity contribution in [1.82, 2.24) is 20.3 Å². The monoisotopic (exact) mass is 372 g/mol. The Morgan fingerprint density at radius 2 is 1.96 bits per heavy atom. The van der Waals surface area contributed by atoms with Crippen LogP contribution in [0, 0.1) is 0 Å². The van der Waals surface area contributed by atoms with Gasteiger partial charge < -0.3 is 15.2 Å². The number of carboxylic acids is 1. The highest BCUT2D eigenvalue weighted by Gasteiger charge is 2.28. The van der Waals surface area contributed by atoms with Crippen molar-refractivity contribution < 1.29 is 32.6 Å². The summed E-state index contributed by atoms with van der Waals surface area (Å²) in [6.07, 6.45) is -3.29. The zero-order valence-corrected chi connectivity index (χ0v) is 13.5. The van der Waals surface area contributed by atoms with Crippen molar-refractivity contribution in [3.8, 4) is 5.75 Å². The molecule has 26 heavy (non-hydrogen) atoms. The quantitative estimate of drug-likeness (QED) is 0.768. The van der Waals surface area contributed by atoms with Crippen molar-refractivity contribution in [2.45, 2.75) is 25.7 Å². The lowest BCUT2D eigenvalue weighted by Gasteiger charge is -2.15. The zero-order valence-electron chi connectivity index (χ0n) is 13.5. The number of benzene rings is 1. The first kappa shape index (κ1) is 19.2. The van der Waals surface area contributed by atoms with Crippen molar-refractivity contribution >= 4 is 11.9 Å². The molecule has 0 aliphatic rings. The second-order valence-electron chi connectivity index (χ2n) is 5.37. The van der Waals surface area contributed by atoms with Crippen LogP contribution in [0.1, 0.15) is 29.0 Å². The Bertz CT molecular complexity index is 774. The molecule has 8 nitrogen and oxygen atoms in total. The number of carboxylic acid groups (broad SMARTS) is 1. The van der Waals surface area contributed by atoms with Gasteiger partial charge >= 0.3 is 12.1 Å². The molecular formula is C15H15F3N4O4. The van der Waals surface area contributed by atoms with Gasteiger partial charge in [0.05, 0.1) is 12.2 Å². The van der Waals surface area contributed by atoms with E-state index < -0.39 is 30.7 Å². The van der Waals surface area contributed by atoms with Crippen LogP contribution < -0.4 is 10.1 Å². The van der Waals surface area contributed by atoms with E-state index in [-0.39, 0.29) is 18.0 Å². The first-order chi connectivity index (χ1) is 12.1. The van der Waals surface area contributed by atoms with Crippen LogP contribution in [-0.2, 0) is 11.3 Å². The molecule has 0 saturated carbocycles. The number of aromatic nitrogens is 3. The maximum Gasteiger partial charge on any atom is 0.422 e. The molecular weight excluding hydrogens is 357 g/mol. The number of carbonyl (C=O) groups is 2. The van der Waals surface area contributed by atoms with Crippen LogP contribution in [0.3, 0.4) is 0 Å². The Kier molecular flexibility index (Phi) is 5.80. The SMILES string of the molecule is CC(NC(=O)Cn1cc(C(=O)O)nn1)c1ccc(OCC(F)(F)F)cc1. The number of alkyl halides is 3. The number of rotatable bonds is 7. The number of carbonyl (C=O) groups excluding carboxylic acids is 1. The van der Waals surface area contributed by atoms with E-state index in [9.17, 15) is 22.8 Å². The van der Waals surface area contributed by atoms with Gasteiger partial charge in [-0.1, -0.05) is 17.3 Å². The number of nitrogens with zero attached hydrogens (tertiary/aromatic N) is 3. The highest BCUT2D eigenvalue weighted by molar-refractivity contribution is 5.84. The fraction of sp³-hybridized carbons (Fsp3) is 0.333. The molecule has 1 unspecified atom stereocenters. The smallest absolute Gasteiger partial charge is 0.422 e. The van der Waals surface area contributed by atoms with Crippen LogP contribution in [0.25, 0.3) is 0 Å². The Morgan fingerprint density at radius 3 is 2.50 bits per heavy atom. The molecule has 11 heteroatoms. The van der Waals surface area contributed by atoms with E-state index in [1.165, 1.54) is 24.3 Å².